The number of benzene rings is 1. The van der Waals surface area contributed by atoms with E-state index in [1.807, 2.05) is 19.1 Å². The smallest absolute Gasteiger partial charge is 0.120 e. The average molecular weight is 249 g/mol. The molecule has 1 aliphatic carbocycles. The fourth-order valence-electron chi connectivity index (χ4n) is 2.83. The summed E-state index contributed by atoms with van der Waals surface area (Å²) in [7, 11) is 1.78. The molecule has 1 fully saturated rings. The van der Waals surface area contributed by atoms with Crippen molar-refractivity contribution in [3.05, 3.63) is 29.3 Å². The Balaban J connectivity index is 2.07. The van der Waals surface area contributed by atoms with Gasteiger partial charge in [-0.05, 0) is 39.2 Å². The lowest BCUT2D eigenvalue weighted by atomic mass is 10.0. The number of ether oxygens (including phenoxy) is 1. The van der Waals surface area contributed by atoms with E-state index in [1.54, 1.807) is 13.2 Å². The molecule has 1 aliphatic rings. The molecule has 3 unspecified atom stereocenters. The molecule has 0 radical (unpaired) electrons. The van der Waals surface area contributed by atoms with Crippen LogP contribution in [0.4, 0.5) is 0 Å². The molecule has 0 spiro atoms. The summed E-state index contributed by atoms with van der Waals surface area (Å²) in [5, 5.41) is 13.5. The van der Waals surface area contributed by atoms with Crippen molar-refractivity contribution in [2.24, 2.45) is 0 Å². The molecule has 0 bridgehead atoms. The molecule has 100 valence electrons. The first-order valence-electron chi connectivity index (χ1n) is 6.70. The quantitative estimate of drug-likeness (QED) is 0.862. The predicted molar refractivity (Wildman–Crippen MR) is 72.8 cm³/mol. The van der Waals surface area contributed by atoms with Crippen LogP contribution in [0.2, 0.25) is 0 Å². The van der Waals surface area contributed by atoms with E-state index in [9.17, 15) is 5.11 Å². The lowest BCUT2D eigenvalue weighted by molar-refractivity contribution is 0.0818. The van der Waals surface area contributed by atoms with E-state index in [-0.39, 0.29) is 6.04 Å². The minimum Gasteiger partial charge on any atom is -0.508 e. The third-order valence-electron chi connectivity index (χ3n) is 3.87. The molecule has 0 saturated heterocycles. The van der Waals surface area contributed by atoms with Crippen molar-refractivity contribution in [3.63, 3.8) is 0 Å². The number of hydrogen-bond donors (Lipinski definition) is 2. The highest BCUT2D eigenvalue weighted by Crippen LogP contribution is 2.28. The Bertz CT molecular complexity index is 405. The number of methoxy groups -OCH3 is 1. The zero-order valence-electron chi connectivity index (χ0n) is 11.4. The number of phenolic OH excluding ortho intramolecular Hbond substituents is 1. The Kier molecular flexibility index (Phi) is 4.25. The Morgan fingerprint density at radius 1 is 1.39 bits per heavy atom. The molecule has 0 aromatic heterocycles. The number of hydrogen-bond acceptors (Lipinski definition) is 3. The molecule has 3 heteroatoms. The zero-order valence-corrected chi connectivity index (χ0v) is 11.4. The van der Waals surface area contributed by atoms with Crippen molar-refractivity contribution in [2.45, 2.75) is 51.3 Å². The van der Waals surface area contributed by atoms with Crippen LogP contribution in [0.3, 0.4) is 0 Å². The van der Waals surface area contributed by atoms with Crippen LogP contribution in [0.25, 0.3) is 0 Å². The molecular formula is C15H23NO2. The second-order valence-corrected chi connectivity index (χ2v) is 5.26. The van der Waals surface area contributed by atoms with Crippen LogP contribution in [-0.2, 0) is 4.74 Å². The SMILES string of the molecule is COC1CCCC1NC(C)c1cc(C)ccc1O. The highest BCUT2D eigenvalue weighted by Gasteiger charge is 2.28. The first-order chi connectivity index (χ1) is 8.61. The average Bonchev–Trinajstić information content (AvgIpc) is 2.79. The van der Waals surface area contributed by atoms with E-state index in [0.29, 0.717) is 17.9 Å². The normalized spacial score (nSPS) is 25.3. The Hall–Kier alpha value is -1.06. The van der Waals surface area contributed by atoms with Crippen LogP contribution < -0.4 is 5.32 Å². The molecule has 18 heavy (non-hydrogen) atoms. The lowest BCUT2D eigenvalue weighted by Gasteiger charge is -2.25. The molecule has 3 atom stereocenters. The van der Waals surface area contributed by atoms with Gasteiger partial charge < -0.3 is 15.2 Å². The largest absolute Gasteiger partial charge is 0.508 e. The standard InChI is InChI=1S/C15H23NO2/c1-10-7-8-14(17)12(9-10)11(2)16-13-5-4-6-15(13)18-3/h7-9,11,13,15-17H,4-6H2,1-3H3. The van der Waals surface area contributed by atoms with Gasteiger partial charge in [0.05, 0.1) is 6.10 Å². The molecule has 0 heterocycles. The Morgan fingerprint density at radius 3 is 2.89 bits per heavy atom. The fourth-order valence-corrected chi connectivity index (χ4v) is 2.83. The third kappa shape index (κ3) is 2.85. The number of rotatable bonds is 4. The van der Waals surface area contributed by atoms with E-state index in [4.69, 9.17) is 4.74 Å². The molecule has 3 nitrogen and oxygen atoms in total. The number of phenols is 1. The van der Waals surface area contributed by atoms with Gasteiger partial charge in [0.1, 0.15) is 5.75 Å². The number of aryl methyl sites for hydroxylation is 1. The number of aromatic hydroxyl groups is 1. The van der Waals surface area contributed by atoms with Crippen molar-refractivity contribution in [1.82, 2.24) is 5.32 Å². The summed E-state index contributed by atoms with van der Waals surface area (Å²) in [6.07, 6.45) is 3.79. The molecule has 1 saturated carbocycles. The zero-order chi connectivity index (χ0) is 13.1. The van der Waals surface area contributed by atoms with Crippen molar-refractivity contribution in [1.29, 1.82) is 0 Å². The van der Waals surface area contributed by atoms with Crippen molar-refractivity contribution >= 4 is 0 Å². The molecular weight excluding hydrogens is 226 g/mol. The van der Waals surface area contributed by atoms with E-state index in [2.05, 4.69) is 12.2 Å². The molecule has 1 aromatic carbocycles. The maximum atomic E-state index is 9.93. The van der Waals surface area contributed by atoms with Gasteiger partial charge in [-0.25, -0.2) is 0 Å². The van der Waals surface area contributed by atoms with Crippen LogP contribution in [-0.4, -0.2) is 24.4 Å². The van der Waals surface area contributed by atoms with Crippen molar-refractivity contribution in [2.75, 3.05) is 7.11 Å². The van der Waals surface area contributed by atoms with Gasteiger partial charge >= 0.3 is 0 Å². The monoisotopic (exact) mass is 249 g/mol. The molecule has 2 N–H and O–H groups in total. The van der Waals surface area contributed by atoms with Gasteiger partial charge in [0.15, 0.2) is 0 Å². The predicted octanol–water partition coefficient (Wildman–Crippen LogP) is 2.92. The van der Waals surface area contributed by atoms with E-state index in [0.717, 1.165) is 18.4 Å². The Labute approximate surface area is 109 Å². The second-order valence-electron chi connectivity index (χ2n) is 5.26. The van der Waals surface area contributed by atoms with E-state index >= 15 is 0 Å². The number of nitrogens with one attached hydrogen (secondary N) is 1. The topological polar surface area (TPSA) is 41.5 Å². The van der Waals surface area contributed by atoms with Gasteiger partial charge in [0.25, 0.3) is 0 Å². The second kappa shape index (κ2) is 5.72. The van der Waals surface area contributed by atoms with Gasteiger partial charge in [0.2, 0.25) is 0 Å². The van der Waals surface area contributed by atoms with Crippen molar-refractivity contribution in [3.8, 4) is 5.75 Å². The van der Waals surface area contributed by atoms with E-state index in [1.165, 1.54) is 12.0 Å². The fraction of sp³-hybridized carbons (Fsp3) is 0.600. The van der Waals surface area contributed by atoms with E-state index < -0.39 is 0 Å². The first kappa shape index (κ1) is 13.4. The van der Waals surface area contributed by atoms with Gasteiger partial charge in [-0.3, -0.25) is 0 Å². The van der Waals surface area contributed by atoms with Gasteiger partial charge in [0, 0.05) is 24.8 Å². The highest BCUT2D eigenvalue weighted by atomic mass is 16.5. The molecule has 2 rings (SSSR count). The summed E-state index contributed by atoms with van der Waals surface area (Å²) in [4.78, 5) is 0. The lowest BCUT2D eigenvalue weighted by Crippen LogP contribution is -2.38. The van der Waals surface area contributed by atoms with Crippen LogP contribution in [0.15, 0.2) is 18.2 Å². The van der Waals surface area contributed by atoms with Gasteiger partial charge in [-0.2, -0.15) is 0 Å². The highest BCUT2D eigenvalue weighted by molar-refractivity contribution is 5.37. The van der Waals surface area contributed by atoms with Crippen LogP contribution in [0.1, 0.15) is 43.4 Å². The molecule has 1 aromatic rings. The summed E-state index contributed by atoms with van der Waals surface area (Å²) in [6, 6.07) is 6.28. The van der Waals surface area contributed by atoms with Crippen LogP contribution >= 0.6 is 0 Å². The summed E-state index contributed by atoms with van der Waals surface area (Å²) >= 11 is 0. The van der Waals surface area contributed by atoms with Crippen LogP contribution in [0, 0.1) is 6.92 Å². The molecule has 0 aliphatic heterocycles. The summed E-state index contributed by atoms with van der Waals surface area (Å²) in [5.41, 5.74) is 2.14. The Morgan fingerprint density at radius 2 is 2.17 bits per heavy atom. The van der Waals surface area contributed by atoms with Gasteiger partial charge in [-0.1, -0.05) is 17.7 Å². The maximum absolute atomic E-state index is 9.93. The molecule has 0 amide bonds. The first-order valence-corrected chi connectivity index (χ1v) is 6.70. The maximum Gasteiger partial charge on any atom is 0.120 e. The minimum atomic E-state index is 0.144. The summed E-state index contributed by atoms with van der Waals surface area (Å²) < 4.78 is 5.49. The van der Waals surface area contributed by atoms with Crippen LogP contribution in [0.5, 0.6) is 5.75 Å². The van der Waals surface area contributed by atoms with Crippen molar-refractivity contribution < 1.29 is 9.84 Å². The van der Waals surface area contributed by atoms with Gasteiger partial charge in [-0.15, -0.1) is 0 Å². The minimum absolute atomic E-state index is 0.144. The summed E-state index contributed by atoms with van der Waals surface area (Å²) in [6.45, 7) is 4.14. The summed E-state index contributed by atoms with van der Waals surface area (Å²) in [5.74, 6) is 0.368. The third-order valence-corrected chi connectivity index (χ3v) is 3.87.